The van der Waals surface area contributed by atoms with E-state index in [1.165, 1.54) is 0 Å². The van der Waals surface area contributed by atoms with E-state index in [1.54, 1.807) is 0 Å². The maximum Gasteiger partial charge on any atom is 0.0701 e. The summed E-state index contributed by atoms with van der Waals surface area (Å²) in [4.78, 5) is 0. The molecule has 0 aromatic rings. The van der Waals surface area contributed by atoms with Gasteiger partial charge in [-0.05, 0) is 0 Å². The molecule has 0 unspecified atom stereocenters. The van der Waals surface area contributed by atoms with Crippen LogP contribution in [0, 0.1) is 0 Å². The maximum absolute atomic E-state index is 8.63. The van der Waals surface area contributed by atoms with Crippen LogP contribution >= 0.6 is 0 Å². The van der Waals surface area contributed by atoms with Crippen molar-refractivity contribution in [1.82, 2.24) is 5.32 Å². The number of hydrogen-bond acceptors (Lipinski definition) is 41. The number of ether oxygens (including phenoxy) is 38. The minimum Gasteiger partial charge on any atom is -0.394 e. The molecule has 3 N–H and O–H groups in total. The van der Waals surface area contributed by atoms with Gasteiger partial charge in [-0.15, -0.1) is 0 Å². The molecule has 0 fully saturated rings. The molecule has 728 valence electrons. The predicted molar refractivity (Wildman–Crippen MR) is 438 cm³/mol. The molecular formula is C80H163NO40. The third-order valence-corrected chi connectivity index (χ3v) is 14.7. The topological polar surface area (TPSA) is 403 Å². The molecule has 41 nitrogen and oxygen atoms in total. The van der Waals surface area contributed by atoms with E-state index < -0.39 is 0 Å². The molecule has 0 aliphatic rings. The van der Waals surface area contributed by atoms with Crippen molar-refractivity contribution < 1.29 is 190 Å². The fraction of sp³-hybridized carbons (Fsp3) is 1.00. The Hall–Kier alpha value is -1.64. The quantitative estimate of drug-likeness (QED) is 0.0627. The highest BCUT2D eigenvalue weighted by Crippen LogP contribution is 1.95. The van der Waals surface area contributed by atoms with Crippen molar-refractivity contribution >= 4 is 0 Å². The van der Waals surface area contributed by atoms with E-state index in [0.717, 1.165) is 13.1 Å². The molecule has 0 rings (SSSR count). The summed E-state index contributed by atoms with van der Waals surface area (Å²) >= 11 is 0. The zero-order valence-electron chi connectivity index (χ0n) is 73.5. The second-order valence-electron chi connectivity index (χ2n) is 24.5. The first-order valence-electron chi connectivity index (χ1n) is 43.3. The second kappa shape index (κ2) is 118. The van der Waals surface area contributed by atoms with Gasteiger partial charge in [0, 0.05) is 13.1 Å². The fourth-order valence-corrected chi connectivity index (χ4v) is 8.66. The standard InChI is InChI=1S/C80H163NO40/c82-3-7-86-11-15-90-19-23-94-27-31-98-35-39-102-43-47-106-51-55-110-59-63-114-67-71-118-75-79-120-77-73-116-69-65-112-61-57-108-53-49-104-45-41-100-37-33-96-29-25-92-21-17-88-13-9-84-5-1-81-2-6-85-10-14-89-18-22-93-26-30-97-34-38-101-42-46-105-50-54-109-58-62-113-66-70-117-74-78-121-80-76-119-72-68-115-64-60-111-56-52-107-48-44-103-40-36-99-32-28-95-24-20-91-16-12-87-8-4-83/h81-83H,1-80H2. The third kappa shape index (κ3) is 118. The van der Waals surface area contributed by atoms with Crippen LogP contribution in [0.4, 0.5) is 0 Å². The van der Waals surface area contributed by atoms with Crippen LogP contribution in [0.2, 0.25) is 0 Å². The molecule has 0 aromatic heterocycles. The van der Waals surface area contributed by atoms with Gasteiger partial charge in [-0.2, -0.15) is 0 Å². The van der Waals surface area contributed by atoms with E-state index in [2.05, 4.69) is 5.32 Å². The van der Waals surface area contributed by atoms with Gasteiger partial charge in [0.1, 0.15) is 0 Å². The highest BCUT2D eigenvalue weighted by molar-refractivity contribution is 4.49. The first kappa shape index (κ1) is 119. The van der Waals surface area contributed by atoms with Gasteiger partial charge in [0.25, 0.3) is 0 Å². The van der Waals surface area contributed by atoms with Crippen molar-refractivity contribution in [1.29, 1.82) is 0 Å². The van der Waals surface area contributed by atoms with Crippen LogP contribution in [0.3, 0.4) is 0 Å². The Kier molecular flexibility index (Phi) is 117. The molecule has 0 saturated heterocycles. The Morgan fingerprint density at radius 3 is 0.207 bits per heavy atom. The van der Waals surface area contributed by atoms with Crippen molar-refractivity contribution in [2.45, 2.75) is 0 Å². The largest absolute Gasteiger partial charge is 0.394 e. The lowest BCUT2D eigenvalue weighted by atomic mass is 10.6. The summed E-state index contributed by atoms with van der Waals surface area (Å²) in [6.07, 6.45) is 0. The number of nitrogens with one attached hydrogen (secondary N) is 1. The summed E-state index contributed by atoms with van der Waals surface area (Å²) in [6.45, 7) is 38.1. The highest BCUT2D eigenvalue weighted by Gasteiger charge is 2.05. The number of aliphatic hydroxyl groups excluding tert-OH is 2. The van der Waals surface area contributed by atoms with E-state index in [9.17, 15) is 0 Å². The molecule has 0 spiro atoms. The Labute approximate surface area is 721 Å². The SMILES string of the molecule is OCCOCCOCCOCCOCCOCCOCCOCCOCCOCCOCCOCCOCCOCCOCCOCCOCCOCCOCCOCCNCCOCCOCCOCCOCCOCCOCCOCCOCCOCCOCCOCCOCCOCCOCCOCCOCCOCCOCCOCCO. The number of aliphatic hydroxyl groups is 2. The third-order valence-electron chi connectivity index (χ3n) is 14.7. The molecule has 0 aromatic carbocycles. The van der Waals surface area contributed by atoms with Gasteiger partial charge < -0.3 is 196 Å². The van der Waals surface area contributed by atoms with E-state index in [4.69, 9.17) is 190 Å². The van der Waals surface area contributed by atoms with Crippen LogP contribution in [-0.2, 0) is 180 Å². The van der Waals surface area contributed by atoms with Crippen molar-refractivity contribution in [3.05, 3.63) is 0 Å². The molecular weight excluding hydrogens is 1610 g/mol. The van der Waals surface area contributed by atoms with Crippen molar-refractivity contribution in [3.8, 4) is 0 Å². The summed E-state index contributed by atoms with van der Waals surface area (Å²) in [5, 5.41) is 20.5. The molecule has 0 aliphatic heterocycles. The van der Waals surface area contributed by atoms with Crippen LogP contribution in [0.15, 0.2) is 0 Å². The minimum absolute atomic E-state index is 0.0150. The smallest absolute Gasteiger partial charge is 0.0701 e. The Balaban J connectivity index is 3.10. The van der Waals surface area contributed by atoms with E-state index in [-0.39, 0.29) is 13.2 Å². The van der Waals surface area contributed by atoms with Gasteiger partial charge in [-0.3, -0.25) is 0 Å². The molecule has 0 amide bonds. The van der Waals surface area contributed by atoms with Crippen molar-refractivity contribution in [2.75, 3.05) is 528 Å². The summed E-state index contributed by atoms with van der Waals surface area (Å²) in [6, 6.07) is 0. The Bertz CT molecular complexity index is 1570. The summed E-state index contributed by atoms with van der Waals surface area (Å²) < 4.78 is 209. The first-order valence-corrected chi connectivity index (χ1v) is 43.3. The fourth-order valence-electron chi connectivity index (χ4n) is 8.66. The van der Waals surface area contributed by atoms with Gasteiger partial charge in [0.05, 0.1) is 515 Å². The van der Waals surface area contributed by atoms with E-state index in [1.807, 2.05) is 0 Å². The van der Waals surface area contributed by atoms with Crippen LogP contribution < -0.4 is 5.32 Å². The lowest BCUT2D eigenvalue weighted by Crippen LogP contribution is -2.25. The molecule has 0 saturated carbocycles. The van der Waals surface area contributed by atoms with Gasteiger partial charge >= 0.3 is 0 Å². The molecule has 0 aliphatic carbocycles. The summed E-state index contributed by atoms with van der Waals surface area (Å²) in [7, 11) is 0. The van der Waals surface area contributed by atoms with Crippen LogP contribution in [-0.4, -0.2) is 539 Å². The number of hydrogen-bond donors (Lipinski definition) is 3. The monoisotopic (exact) mass is 1780 g/mol. The molecule has 0 heterocycles. The normalized spacial score (nSPS) is 11.9. The average Bonchev–Trinajstić information content (AvgIpc) is 2.28. The molecule has 0 radical (unpaired) electrons. The van der Waals surface area contributed by atoms with E-state index in [0.29, 0.717) is 502 Å². The first-order chi connectivity index (χ1) is 60.4. The van der Waals surface area contributed by atoms with Gasteiger partial charge in [0.2, 0.25) is 0 Å². The van der Waals surface area contributed by atoms with Crippen molar-refractivity contribution in [2.24, 2.45) is 0 Å². The second-order valence-corrected chi connectivity index (χ2v) is 24.5. The maximum atomic E-state index is 8.63. The summed E-state index contributed by atoms with van der Waals surface area (Å²) in [5.74, 6) is 0. The van der Waals surface area contributed by atoms with Gasteiger partial charge in [-0.25, -0.2) is 0 Å². The predicted octanol–water partition coefficient (Wildman–Crippen LogP) is -0.809. The zero-order chi connectivity index (χ0) is 86.1. The molecule has 121 heavy (non-hydrogen) atoms. The molecule has 41 heteroatoms. The minimum atomic E-state index is 0.0150. The summed E-state index contributed by atoms with van der Waals surface area (Å²) in [5.41, 5.74) is 0. The molecule has 0 atom stereocenters. The Morgan fingerprint density at radius 1 is 0.0826 bits per heavy atom. The highest BCUT2D eigenvalue weighted by atomic mass is 16.6. The van der Waals surface area contributed by atoms with Gasteiger partial charge in [0.15, 0.2) is 0 Å². The van der Waals surface area contributed by atoms with Gasteiger partial charge in [-0.1, -0.05) is 0 Å². The average molecular weight is 1780 g/mol. The zero-order valence-corrected chi connectivity index (χ0v) is 73.5. The van der Waals surface area contributed by atoms with Crippen LogP contribution in [0.5, 0.6) is 0 Å². The lowest BCUT2D eigenvalue weighted by Gasteiger charge is -2.09. The van der Waals surface area contributed by atoms with Crippen LogP contribution in [0.25, 0.3) is 0 Å². The lowest BCUT2D eigenvalue weighted by molar-refractivity contribution is -0.0313. The number of rotatable bonds is 118. The van der Waals surface area contributed by atoms with Crippen LogP contribution in [0.1, 0.15) is 0 Å². The van der Waals surface area contributed by atoms with E-state index >= 15 is 0 Å². The van der Waals surface area contributed by atoms with Crippen molar-refractivity contribution in [3.63, 3.8) is 0 Å². The Morgan fingerprint density at radius 2 is 0.140 bits per heavy atom. The molecule has 0 bridgehead atoms.